The number of ketones is 1. The molecule has 1 fully saturated rings. The van der Waals surface area contributed by atoms with Crippen molar-refractivity contribution in [3.05, 3.63) is 65.7 Å². The van der Waals surface area contributed by atoms with E-state index in [4.69, 9.17) is 4.43 Å². The average molecular weight is 630 g/mol. The predicted octanol–water partition coefficient (Wildman–Crippen LogP) is 7.89. The topological polar surface area (TPSA) is 83.9 Å². The molecule has 2 aromatic rings. The summed E-state index contributed by atoms with van der Waals surface area (Å²) in [5.74, 6) is -0.0362. The number of hydrogen-bond donors (Lipinski definition) is 1. The first-order valence-electron chi connectivity index (χ1n) is 15.9. The lowest BCUT2D eigenvalue weighted by molar-refractivity contribution is -0.130. The highest BCUT2D eigenvalue weighted by Gasteiger charge is 2.49. The molecule has 0 radical (unpaired) electrons. The number of hydrogen-bond acceptors (Lipinski definition) is 5. The van der Waals surface area contributed by atoms with Crippen LogP contribution in [0.2, 0.25) is 18.1 Å². The van der Waals surface area contributed by atoms with E-state index in [-0.39, 0.29) is 34.6 Å². The van der Waals surface area contributed by atoms with Gasteiger partial charge in [-0.05, 0) is 61.5 Å². The van der Waals surface area contributed by atoms with Crippen molar-refractivity contribution in [1.29, 1.82) is 0 Å². The molecule has 0 aliphatic heterocycles. The van der Waals surface area contributed by atoms with E-state index in [1.807, 2.05) is 58.0 Å². The van der Waals surface area contributed by atoms with Crippen LogP contribution < -0.4 is 0 Å². The molecule has 0 amide bonds. The number of aliphatic hydroxyl groups excluding tert-OH is 1. The number of nitrogens with zero attached hydrogens (tertiary/aromatic N) is 1. The molecule has 1 aliphatic rings. The fraction of sp³-hybridized carbons (Fsp3) is 0.629. The number of rotatable bonds is 12. The molecule has 8 heteroatoms. The van der Waals surface area contributed by atoms with E-state index in [0.717, 1.165) is 43.2 Å². The summed E-state index contributed by atoms with van der Waals surface area (Å²) in [5, 5.41) is 12.0. The lowest BCUT2D eigenvalue weighted by atomic mass is 9.79. The maximum Gasteiger partial charge on any atom is 0.243 e. The Morgan fingerprint density at radius 3 is 2.02 bits per heavy atom. The van der Waals surface area contributed by atoms with Crippen LogP contribution in [0.25, 0.3) is 0 Å². The van der Waals surface area contributed by atoms with Crippen LogP contribution in [0.5, 0.6) is 0 Å². The molecule has 0 unspecified atom stereocenters. The van der Waals surface area contributed by atoms with Gasteiger partial charge in [-0.15, -0.1) is 0 Å². The van der Waals surface area contributed by atoms with Gasteiger partial charge in [-0.25, -0.2) is 8.42 Å². The molecule has 240 valence electrons. The summed E-state index contributed by atoms with van der Waals surface area (Å²) in [7, 11) is -6.55. The summed E-state index contributed by atoms with van der Waals surface area (Å²) in [5.41, 5.74) is 1.10. The van der Waals surface area contributed by atoms with Crippen LogP contribution in [-0.4, -0.2) is 50.2 Å². The van der Waals surface area contributed by atoms with Crippen molar-refractivity contribution in [2.45, 2.75) is 135 Å². The van der Waals surface area contributed by atoms with E-state index in [9.17, 15) is 18.3 Å². The van der Waals surface area contributed by atoms with E-state index < -0.39 is 42.0 Å². The van der Waals surface area contributed by atoms with Gasteiger partial charge in [0.1, 0.15) is 5.78 Å². The molecule has 0 bridgehead atoms. The average Bonchev–Trinajstić information content (AvgIpc) is 2.92. The summed E-state index contributed by atoms with van der Waals surface area (Å²) in [6.45, 7) is 18.4. The Labute approximate surface area is 262 Å². The number of carbonyl (C=O) groups is 1. The van der Waals surface area contributed by atoms with Gasteiger partial charge in [0, 0.05) is 18.4 Å². The van der Waals surface area contributed by atoms with Crippen LogP contribution >= 0.6 is 0 Å². The number of aryl methyl sites for hydroxylation is 1. The second kappa shape index (κ2) is 14.1. The Kier molecular flexibility index (Phi) is 11.7. The van der Waals surface area contributed by atoms with Crippen molar-refractivity contribution in [1.82, 2.24) is 4.31 Å². The lowest BCUT2D eigenvalue weighted by Crippen LogP contribution is -2.60. The molecule has 0 aromatic heterocycles. The lowest BCUT2D eigenvalue weighted by Gasteiger charge is -2.48. The molecule has 3 atom stereocenters. The van der Waals surface area contributed by atoms with Gasteiger partial charge in [-0.1, -0.05) is 109 Å². The molecule has 1 aliphatic carbocycles. The molecule has 0 spiro atoms. The third-order valence-corrected chi connectivity index (χ3v) is 15.8. The molecular weight excluding hydrogens is 575 g/mol. The van der Waals surface area contributed by atoms with Crippen LogP contribution in [0.15, 0.2) is 59.5 Å². The number of aliphatic hydroxyl groups is 1. The first-order valence-corrected chi connectivity index (χ1v) is 20.2. The summed E-state index contributed by atoms with van der Waals surface area (Å²) < 4.78 is 38.1. The number of sulfonamides is 1. The molecule has 0 heterocycles. The van der Waals surface area contributed by atoms with E-state index in [1.165, 1.54) is 4.31 Å². The third kappa shape index (κ3) is 9.10. The van der Waals surface area contributed by atoms with Crippen molar-refractivity contribution in [3.63, 3.8) is 0 Å². The second-order valence-corrected chi connectivity index (χ2v) is 21.7. The molecule has 6 nitrogen and oxygen atoms in total. The van der Waals surface area contributed by atoms with E-state index in [2.05, 4.69) is 33.9 Å². The molecule has 43 heavy (non-hydrogen) atoms. The Bertz CT molecular complexity index is 1290. The normalized spacial score (nSPS) is 17.9. The van der Waals surface area contributed by atoms with Crippen molar-refractivity contribution in [2.24, 2.45) is 11.3 Å². The maximum atomic E-state index is 14.7. The highest BCUT2D eigenvalue weighted by Crippen LogP contribution is 2.43. The summed E-state index contributed by atoms with van der Waals surface area (Å²) >= 11 is 0. The zero-order valence-electron chi connectivity index (χ0n) is 27.9. The Balaban J connectivity index is 2.28. The minimum absolute atomic E-state index is 0.0621. The smallest absolute Gasteiger partial charge is 0.243 e. The number of carbonyl (C=O) groups excluding carboxylic acids is 1. The Hall–Kier alpha value is -1.84. The molecular formula is C35H55NO5SSi. The highest BCUT2D eigenvalue weighted by atomic mass is 32.2. The number of Topliss-reactive ketones (excluding diaryl/α,β-unsaturated/α-hetero) is 1. The standard InChI is InChI=1S/C35H55NO5SSi/c1-26-20-22-29(23-21-26)42(39,40)36(25-27-16-12-10-13-17-27)32(30(37)24-31(38)34(2,3)4)33(28-18-14-11-15-19-28)41-43(8,9)35(5,6)7/h10,12-13,16-17,20-23,28,30,32-33,37H,11,14-15,18-19,24-25H2,1-9H3/t30-,32-,33+/m1/s1. The van der Waals surface area contributed by atoms with Gasteiger partial charge >= 0.3 is 0 Å². The zero-order valence-corrected chi connectivity index (χ0v) is 29.7. The molecule has 3 rings (SSSR count). The Morgan fingerprint density at radius 1 is 0.953 bits per heavy atom. The number of benzene rings is 2. The summed E-state index contributed by atoms with van der Waals surface area (Å²) in [6.07, 6.45) is 3.06. The quantitative estimate of drug-likeness (QED) is 0.241. The second-order valence-electron chi connectivity index (χ2n) is 15.0. The highest BCUT2D eigenvalue weighted by molar-refractivity contribution is 7.89. The Morgan fingerprint density at radius 2 is 1.51 bits per heavy atom. The van der Waals surface area contributed by atoms with Crippen molar-refractivity contribution >= 4 is 24.1 Å². The summed E-state index contributed by atoms with van der Waals surface area (Å²) in [6, 6.07) is 15.4. The van der Waals surface area contributed by atoms with Crippen LogP contribution in [0.4, 0.5) is 0 Å². The van der Waals surface area contributed by atoms with Crippen molar-refractivity contribution in [3.8, 4) is 0 Å². The fourth-order valence-electron chi connectivity index (χ4n) is 5.58. The zero-order chi connectivity index (χ0) is 32.2. The van der Waals surface area contributed by atoms with Crippen LogP contribution in [0.3, 0.4) is 0 Å². The van der Waals surface area contributed by atoms with E-state index >= 15 is 0 Å². The van der Waals surface area contributed by atoms with E-state index in [1.54, 1.807) is 24.3 Å². The fourth-order valence-corrected chi connectivity index (χ4v) is 8.59. The molecule has 0 saturated heterocycles. The minimum Gasteiger partial charge on any atom is -0.412 e. The van der Waals surface area contributed by atoms with Gasteiger partial charge in [0.15, 0.2) is 8.32 Å². The van der Waals surface area contributed by atoms with E-state index in [0.29, 0.717) is 0 Å². The third-order valence-electron chi connectivity index (χ3n) is 9.45. The van der Waals surface area contributed by atoms with Crippen LogP contribution in [0.1, 0.15) is 91.2 Å². The largest absolute Gasteiger partial charge is 0.412 e. The van der Waals surface area contributed by atoms with Gasteiger partial charge < -0.3 is 9.53 Å². The summed E-state index contributed by atoms with van der Waals surface area (Å²) in [4.78, 5) is 13.6. The van der Waals surface area contributed by atoms with Gasteiger partial charge in [0.2, 0.25) is 10.0 Å². The maximum absolute atomic E-state index is 14.7. The first kappa shape index (κ1) is 35.6. The van der Waals surface area contributed by atoms with Gasteiger partial charge in [0.05, 0.1) is 23.1 Å². The predicted molar refractivity (Wildman–Crippen MR) is 178 cm³/mol. The van der Waals surface area contributed by atoms with Crippen molar-refractivity contribution < 1.29 is 22.7 Å². The van der Waals surface area contributed by atoms with Crippen LogP contribution in [-0.2, 0) is 25.8 Å². The molecule has 2 aromatic carbocycles. The van der Waals surface area contributed by atoms with Crippen LogP contribution in [0, 0.1) is 18.3 Å². The molecule has 1 saturated carbocycles. The first-order chi connectivity index (χ1) is 19.8. The SMILES string of the molecule is Cc1ccc(S(=O)(=O)N(Cc2ccccc2)[C@H]([C@H](O)CC(=O)C(C)(C)C)[C@@H](O[Si](C)(C)C(C)(C)C)C2CCCCC2)cc1. The van der Waals surface area contributed by atoms with Gasteiger partial charge in [-0.2, -0.15) is 4.31 Å². The van der Waals surface area contributed by atoms with Crippen molar-refractivity contribution in [2.75, 3.05) is 0 Å². The minimum atomic E-state index is -4.11. The van der Waals surface area contributed by atoms with Gasteiger partial charge in [0.25, 0.3) is 0 Å². The molecule has 1 N–H and O–H groups in total. The van der Waals surface area contributed by atoms with Gasteiger partial charge in [-0.3, -0.25) is 4.79 Å². The monoisotopic (exact) mass is 629 g/mol.